The van der Waals surface area contributed by atoms with Crippen molar-refractivity contribution in [1.29, 1.82) is 0 Å². The van der Waals surface area contributed by atoms with Crippen molar-refractivity contribution in [2.24, 2.45) is 0 Å². The first-order valence-corrected chi connectivity index (χ1v) is 5.33. The Labute approximate surface area is 87.3 Å². The Balaban J connectivity index is 2.33. The standard InChI is InChI=1S/C9H5BrO2S/c10-8-2-1-7(12-8)9(11)6-3-4-13-5-6/h1-5H. The van der Waals surface area contributed by atoms with E-state index in [2.05, 4.69) is 15.9 Å². The van der Waals surface area contributed by atoms with Crippen molar-refractivity contribution >= 4 is 33.0 Å². The van der Waals surface area contributed by atoms with Gasteiger partial charge in [0.25, 0.3) is 0 Å². The minimum Gasteiger partial charge on any atom is -0.446 e. The molecule has 13 heavy (non-hydrogen) atoms. The van der Waals surface area contributed by atoms with E-state index in [0.717, 1.165) is 0 Å². The van der Waals surface area contributed by atoms with Gasteiger partial charge in [-0.05, 0) is 39.5 Å². The minimum absolute atomic E-state index is 0.0769. The van der Waals surface area contributed by atoms with Crippen LogP contribution in [0.2, 0.25) is 0 Å². The summed E-state index contributed by atoms with van der Waals surface area (Å²) in [6.45, 7) is 0. The molecule has 2 heterocycles. The first-order valence-electron chi connectivity index (χ1n) is 3.59. The minimum atomic E-state index is -0.0769. The van der Waals surface area contributed by atoms with E-state index in [9.17, 15) is 4.79 Å². The van der Waals surface area contributed by atoms with Crippen LogP contribution in [0.5, 0.6) is 0 Å². The van der Waals surface area contributed by atoms with Gasteiger partial charge in [-0.2, -0.15) is 11.3 Å². The van der Waals surface area contributed by atoms with Crippen molar-refractivity contribution in [3.05, 3.63) is 45.0 Å². The van der Waals surface area contributed by atoms with Crippen LogP contribution in [-0.2, 0) is 0 Å². The van der Waals surface area contributed by atoms with Crippen molar-refractivity contribution in [3.8, 4) is 0 Å². The van der Waals surface area contributed by atoms with E-state index in [0.29, 0.717) is 16.0 Å². The summed E-state index contributed by atoms with van der Waals surface area (Å²) in [7, 11) is 0. The average Bonchev–Trinajstić information content (AvgIpc) is 2.72. The normalized spacial score (nSPS) is 10.2. The summed E-state index contributed by atoms with van der Waals surface area (Å²) in [6, 6.07) is 5.15. The Hall–Kier alpha value is -0.870. The van der Waals surface area contributed by atoms with E-state index in [-0.39, 0.29) is 5.78 Å². The van der Waals surface area contributed by atoms with E-state index < -0.39 is 0 Å². The number of carbonyl (C=O) groups excluding carboxylic acids is 1. The van der Waals surface area contributed by atoms with Crippen LogP contribution in [0, 0.1) is 0 Å². The van der Waals surface area contributed by atoms with Gasteiger partial charge in [0.05, 0.1) is 0 Å². The largest absolute Gasteiger partial charge is 0.446 e. The fourth-order valence-corrected chi connectivity index (χ4v) is 1.91. The SMILES string of the molecule is O=C(c1ccsc1)c1ccc(Br)o1. The van der Waals surface area contributed by atoms with Crippen LogP contribution >= 0.6 is 27.3 Å². The molecule has 0 amide bonds. The second-order valence-electron chi connectivity index (χ2n) is 2.44. The van der Waals surface area contributed by atoms with Crippen LogP contribution in [0.4, 0.5) is 0 Å². The molecule has 0 saturated carbocycles. The molecule has 0 N–H and O–H groups in total. The zero-order valence-electron chi connectivity index (χ0n) is 6.49. The van der Waals surface area contributed by atoms with Gasteiger partial charge in [-0.1, -0.05) is 0 Å². The predicted octanol–water partition coefficient (Wildman–Crippen LogP) is 3.33. The Morgan fingerprint density at radius 2 is 2.23 bits per heavy atom. The summed E-state index contributed by atoms with van der Waals surface area (Å²) in [5.41, 5.74) is 0.673. The molecule has 0 aliphatic carbocycles. The predicted molar refractivity (Wildman–Crippen MR) is 54.2 cm³/mol. The molecule has 0 aliphatic rings. The highest BCUT2D eigenvalue weighted by atomic mass is 79.9. The maximum atomic E-state index is 11.6. The van der Waals surface area contributed by atoms with Gasteiger partial charge in [0.15, 0.2) is 10.4 Å². The number of halogens is 1. The molecular formula is C9H5BrO2S. The Morgan fingerprint density at radius 3 is 2.77 bits per heavy atom. The summed E-state index contributed by atoms with van der Waals surface area (Å²) in [6.07, 6.45) is 0. The quantitative estimate of drug-likeness (QED) is 0.772. The van der Waals surface area contributed by atoms with Crippen LogP contribution in [-0.4, -0.2) is 5.78 Å². The fourth-order valence-electron chi connectivity index (χ4n) is 0.972. The number of hydrogen-bond acceptors (Lipinski definition) is 3. The monoisotopic (exact) mass is 256 g/mol. The zero-order chi connectivity index (χ0) is 9.26. The van der Waals surface area contributed by atoms with Gasteiger partial charge in [-0.3, -0.25) is 4.79 Å². The molecule has 0 fully saturated rings. The fraction of sp³-hybridized carbons (Fsp3) is 0. The highest BCUT2D eigenvalue weighted by molar-refractivity contribution is 9.10. The molecule has 2 rings (SSSR count). The second kappa shape index (κ2) is 3.47. The molecule has 0 bridgehead atoms. The summed E-state index contributed by atoms with van der Waals surface area (Å²) >= 11 is 4.64. The maximum absolute atomic E-state index is 11.6. The molecule has 2 aromatic rings. The number of hydrogen-bond donors (Lipinski definition) is 0. The molecule has 0 spiro atoms. The molecule has 66 valence electrons. The Bertz CT molecular complexity index is 417. The van der Waals surface area contributed by atoms with Gasteiger partial charge < -0.3 is 4.42 Å². The molecule has 2 aromatic heterocycles. The Kier molecular flexibility index (Phi) is 2.33. The van der Waals surface area contributed by atoms with Crippen LogP contribution < -0.4 is 0 Å². The van der Waals surface area contributed by atoms with Crippen LogP contribution in [0.3, 0.4) is 0 Å². The second-order valence-corrected chi connectivity index (χ2v) is 4.01. The van der Waals surface area contributed by atoms with E-state index in [1.54, 1.807) is 23.6 Å². The van der Waals surface area contributed by atoms with E-state index in [1.807, 2.05) is 5.38 Å². The summed E-state index contributed by atoms with van der Waals surface area (Å²) in [5.74, 6) is 0.289. The van der Waals surface area contributed by atoms with Crippen molar-refractivity contribution in [1.82, 2.24) is 0 Å². The lowest BCUT2D eigenvalue weighted by atomic mass is 10.2. The molecule has 0 saturated heterocycles. The molecule has 4 heteroatoms. The first-order chi connectivity index (χ1) is 6.27. The van der Waals surface area contributed by atoms with Gasteiger partial charge in [-0.25, -0.2) is 0 Å². The van der Waals surface area contributed by atoms with Gasteiger partial charge in [-0.15, -0.1) is 0 Å². The lowest BCUT2D eigenvalue weighted by Crippen LogP contribution is -1.96. The third-order valence-corrected chi connectivity index (χ3v) is 2.69. The van der Waals surface area contributed by atoms with Crippen molar-refractivity contribution in [2.75, 3.05) is 0 Å². The van der Waals surface area contributed by atoms with Gasteiger partial charge in [0.2, 0.25) is 5.78 Å². The first kappa shape index (κ1) is 8.72. The van der Waals surface area contributed by atoms with E-state index >= 15 is 0 Å². The molecule has 0 aromatic carbocycles. The highest BCUT2D eigenvalue weighted by Gasteiger charge is 2.12. The van der Waals surface area contributed by atoms with Crippen LogP contribution in [0.25, 0.3) is 0 Å². The van der Waals surface area contributed by atoms with Gasteiger partial charge in [0.1, 0.15) is 0 Å². The van der Waals surface area contributed by atoms with E-state index in [1.165, 1.54) is 11.3 Å². The van der Waals surface area contributed by atoms with E-state index in [4.69, 9.17) is 4.42 Å². The summed E-state index contributed by atoms with van der Waals surface area (Å²) in [4.78, 5) is 11.6. The van der Waals surface area contributed by atoms with Crippen molar-refractivity contribution < 1.29 is 9.21 Å². The number of thiophene rings is 1. The topological polar surface area (TPSA) is 30.2 Å². The Morgan fingerprint density at radius 1 is 1.38 bits per heavy atom. The lowest BCUT2D eigenvalue weighted by Gasteiger charge is -1.90. The molecule has 0 atom stereocenters. The number of furan rings is 1. The molecule has 0 radical (unpaired) electrons. The number of ketones is 1. The van der Waals surface area contributed by atoms with Crippen molar-refractivity contribution in [2.45, 2.75) is 0 Å². The maximum Gasteiger partial charge on any atom is 0.229 e. The van der Waals surface area contributed by atoms with Crippen LogP contribution in [0.1, 0.15) is 16.1 Å². The van der Waals surface area contributed by atoms with Gasteiger partial charge >= 0.3 is 0 Å². The third kappa shape index (κ3) is 1.73. The summed E-state index contributed by atoms with van der Waals surface area (Å²) in [5, 5.41) is 3.67. The van der Waals surface area contributed by atoms with Gasteiger partial charge in [0, 0.05) is 10.9 Å². The molecular weight excluding hydrogens is 252 g/mol. The average molecular weight is 257 g/mol. The zero-order valence-corrected chi connectivity index (χ0v) is 8.89. The third-order valence-electron chi connectivity index (χ3n) is 1.58. The molecule has 0 unspecified atom stereocenters. The molecule has 0 aliphatic heterocycles. The summed E-state index contributed by atoms with van der Waals surface area (Å²) < 4.78 is 5.72. The van der Waals surface area contributed by atoms with Crippen LogP contribution in [0.15, 0.2) is 38.0 Å². The lowest BCUT2D eigenvalue weighted by molar-refractivity contribution is 0.101. The smallest absolute Gasteiger partial charge is 0.229 e. The highest BCUT2D eigenvalue weighted by Crippen LogP contribution is 2.18. The molecule has 2 nitrogen and oxygen atoms in total. The number of carbonyl (C=O) groups is 1. The van der Waals surface area contributed by atoms with Crippen molar-refractivity contribution in [3.63, 3.8) is 0 Å². The number of rotatable bonds is 2.